The van der Waals surface area contributed by atoms with E-state index >= 15 is 0 Å². The normalized spacial score (nSPS) is 24.2. The molecule has 1 fully saturated rings. The molecule has 0 saturated carbocycles. The average Bonchev–Trinajstić information content (AvgIpc) is 3.16. The van der Waals surface area contributed by atoms with Crippen LogP contribution in [0.15, 0.2) is 72.8 Å². The molecule has 1 N–H and O–H groups in total. The first-order valence-electron chi connectivity index (χ1n) is 12.9. The lowest BCUT2D eigenvalue weighted by atomic mass is 9.55. The van der Waals surface area contributed by atoms with Gasteiger partial charge in [-0.3, -0.25) is 19.3 Å². The van der Waals surface area contributed by atoms with Gasteiger partial charge in [0.1, 0.15) is 6.04 Å². The zero-order valence-electron chi connectivity index (χ0n) is 20.6. The molecule has 1 aliphatic heterocycles. The minimum atomic E-state index is -0.819. The number of unbranched alkanes of at least 4 members (excludes halogenated alkanes) is 1. The Labute approximate surface area is 211 Å². The molecule has 7 rings (SSSR count). The molecular weight excluding hydrogens is 448 g/mol. The lowest BCUT2D eigenvalue weighted by Crippen LogP contribution is -2.48. The number of aryl methyl sites for hydroxylation is 1. The summed E-state index contributed by atoms with van der Waals surface area (Å²) in [4.78, 5) is 43.2. The third-order valence-corrected chi connectivity index (χ3v) is 8.33. The number of hydrogen-bond acceptors (Lipinski definition) is 3. The van der Waals surface area contributed by atoms with Gasteiger partial charge in [-0.25, -0.2) is 0 Å². The maximum absolute atomic E-state index is 14.1. The molecule has 4 aliphatic rings. The van der Waals surface area contributed by atoms with Gasteiger partial charge in [0, 0.05) is 17.5 Å². The summed E-state index contributed by atoms with van der Waals surface area (Å²) < 4.78 is 0. The van der Waals surface area contributed by atoms with E-state index in [-0.39, 0.29) is 29.6 Å². The molecule has 3 aromatic carbocycles. The zero-order chi connectivity index (χ0) is 25.0. The van der Waals surface area contributed by atoms with Crippen molar-refractivity contribution >= 4 is 23.4 Å². The Morgan fingerprint density at radius 1 is 0.806 bits per heavy atom. The van der Waals surface area contributed by atoms with Gasteiger partial charge in [0.25, 0.3) is 0 Å². The second-order valence-electron chi connectivity index (χ2n) is 10.3. The lowest BCUT2D eigenvalue weighted by molar-refractivity contribution is -0.147. The largest absolute Gasteiger partial charge is 0.324 e. The minimum absolute atomic E-state index is 0.167. The first-order chi connectivity index (χ1) is 17.5. The number of para-hydroxylation sites is 1. The fraction of sp³-hybridized carbons (Fsp3) is 0.323. The quantitative estimate of drug-likeness (QED) is 0.484. The number of anilines is 1. The molecule has 1 heterocycles. The predicted molar refractivity (Wildman–Crippen MR) is 139 cm³/mol. The standard InChI is InChI=1S/C31H30N2O3/c1-3-4-17-24(29(34)32-23-16-10-5-11-18(23)2)33-30(35)27-25-19-12-6-7-13-20(19)26(28(27)31(33)36)22-15-9-8-14-21(22)25/h5-16,24-28H,3-4,17H2,1-2H3,(H,32,34). The van der Waals surface area contributed by atoms with Crippen LogP contribution in [0.2, 0.25) is 0 Å². The summed E-state index contributed by atoms with van der Waals surface area (Å²) in [5.74, 6) is -1.97. The second-order valence-corrected chi connectivity index (χ2v) is 10.3. The number of rotatable bonds is 6. The number of carbonyl (C=O) groups excluding carboxylic acids is 3. The number of likely N-dealkylation sites (tertiary alicyclic amines) is 1. The number of imide groups is 1. The third kappa shape index (κ3) is 3.25. The van der Waals surface area contributed by atoms with E-state index in [1.165, 1.54) is 4.90 Å². The van der Waals surface area contributed by atoms with E-state index in [4.69, 9.17) is 0 Å². The Kier molecular flexibility index (Phi) is 5.51. The molecular formula is C31H30N2O3. The van der Waals surface area contributed by atoms with Crippen LogP contribution in [0.3, 0.4) is 0 Å². The number of amides is 3. The van der Waals surface area contributed by atoms with Gasteiger partial charge in [-0.15, -0.1) is 0 Å². The molecule has 3 aromatic rings. The molecule has 3 unspecified atom stereocenters. The highest BCUT2D eigenvalue weighted by molar-refractivity contribution is 6.11. The monoisotopic (exact) mass is 478 g/mol. The summed E-state index contributed by atoms with van der Waals surface area (Å²) in [6, 6.07) is 23.2. The summed E-state index contributed by atoms with van der Waals surface area (Å²) in [5, 5.41) is 3.01. The first-order valence-corrected chi connectivity index (χ1v) is 12.9. The number of carbonyl (C=O) groups is 3. The second kappa shape index (κ2) is 8.74. The van der Waals surface area contributed by atoms with Gasteiger partial charge in [-0.05, 0) is 47.2 Å². The SMILES string of the molecule is CCCCC(C(=O)Nc1ccccc1C)N1C(=O)C2C3c4ccccc4C(c4ccccc43)C2C1=O. The number of benzene rings is 3. The number of hydrogen-bond donors (Lipinski definition) is 1. The van der Waals surface area contributed by atoms with E-state index < -0.39 is 17.9 Å². The molecule has 3 amide bonds. The average molecular weight is 479 g/mol. The van der Waals surface area contributed by atoms with Crippen molar-refractivity contribution in [1.29, 1.82) is 0 Å². The van der Waals surface area contributed by atoms with E-state index in [9.17, 15) is 14.4 Å². The third-order valence-electron chi connectivity index (χ3n) is 8.33. The molecule has 0 spiro atoms. The summed E-state index contributed by atoms with van der Waals surface area (Å²) in [6.45, 7) is 3.99. The van der Waals surface area contributed by atoms with Crippen LogP contribution in [0, 0.1) is 18.8 Å². The highest BCUT2D eigenvalue weighted by Gasteiger charge is 2.62. The summed E-state index contributed by atoms with van der Waals surface area (Å²) in [5.41, 5.74) is 6.21. The first kappa shape index (κ1) is 22.7. The smallest absolute Gasteiger partial charge is 0.247 e. The van der Waals surface area contributed by atoms with Crippen LogP contribution in [-0.2, 0) is 14.4 Å². The van der Waals surface area contributed by atoms with Gasteiger partial charge in [0.15, 0.2) is 0 Å². The van der Waals surface area contributed by atoms with Crippen LogP contribution in [0.4, 0.5) is 5.69 Å². The Balaban J connectivity index is 1.41. The van der Waals surface area contributed by atoms with E-state index in [0.29, 0.717) is 12.1 Å². The van der Waals surface area contributed by atoms with Gasteiger partial charge < -0.3 is 5.32 Å². The van der Waals surface area contributed by atoms with Gasteiger partial charge >= 0.3 is 0 Å². The fourth-order valence-corrected chi connectivity index (χ4v) is 6.71. The fourth-order valence-electron chi connectivity index (χ4n) is 6.71. The maximum atomic E-state index is 14.1. The van der Waals surface area contributed by atoms with E-state index in [1.54, 1.807) is 0 Å². The predicted octanol–water partition coefficient (Wildman–Crippen LogP) is 5.38. The molecule has 3 atom stereocenters. The molecule has 0 radical (unpaired) electrons. The maximum Gasteiger partial charge on any atom is 0.247 e. The topological polar surface area (TPSA) is 66.5 Å². The van der Waals surface area contributed by atoms with Crippen LogP contribution in [-0.4, -0.2) is 28.7 Å². The Morgan fingerprint density at radius 3 is 1.75 bits per heavy atom. The zero-order valence-corrected chi connectivity index (χ0v) is 20.6. The van der Waals surface area contributed by atoms with Gasteiger partial charge in [0.2, 0.25) is 17.7 Å². The Morgan fingerprint density at radius 2 is 1.28 bits per heavy atom. The van der Waals surface area contributed by atoms with Crippen molar-refractivity contribution < 1.29 is 14.4 Å². The van der Waals surface area contributed by atoms with Crippen LogP contribution < -0.4 is 5.32 Å². The molecule has 1 saturated heterocycles. The van der Waals surface area contributed by atoms with Crippen molar-refractivity contribution in [2.75, 3.05) is 5.32 Å². The summed E-state index contributed by atoms with van der Waals surface area (Å²) in [6.07, 6.45) is 2.09. The van der Waals surface area contributed by atoms with Crippen molar-refractivity contribution in [3.63, 3.8) is 0 Å². The van der Waals surface area contributed by atoms with Crippen molar-refractivity contribution in [1.82, 2.24) is 4.90 Å². The molecule has 5 heteroatoms. The van der Waals surface area contributed by atoms with Crippen molar-refractivity contribution in [3.05, 3.63) is 101 Å². The van der Waals surface area contributed by atoms with E-state index in [2.05, 4.69) is 36.5 Å². The van der Waals surface area contributed by atoms with Gasteiger partial charge in [0.05, 0.1) is 11.8 Å². The lowest BCUT2D eigenvalue weighted by Gasteiger charge is -2.45. The van der Waals surface area contributed by atoms with Gasteiger partial charge in [-0.2, -0.15) is 0 Å². The number of nitrogens with one attached hydrogen (secondary N) is 1. The van der Waals surface area contributed by atoms with E-state index in [1.807, 2.05) is 55.5 Å². The highest BCUT2D eigenvalue weighted by atomic mass is 16.2. The molecule has 5 nitrogen and oxygen atoms in total. The Bertz CT molecular complexity index is 1260. The van der Waals surface area contributed by atoms with Crippen molar-refractivity contribution in [2.24, 2.45) is 11.8 Å². The molecule has 3 aliphatic carbocycles. The van der Waals surface area contributed by atoms with Crippen LogP contribution in [0.25, 0.3) is 0 Å². The minimum Gasteiger partial charge on any atom is -0.324 e. The molecule has 182 valence electrons. The van der Waals surface area contributed by atoms with Crippen LogP contribution in [0.1, 0.15) is 65.8 Å². The van der Waals surface area contributed by atoms with Crippen LogP contribution in [0.5, 0.6) is 0 Å². The van der Waals surface area contributed by atoms with Gasteiger partial charge in [-0.1, -0.05) is 86.5 Å². The summed E-state index contributed by atoms with van der Waals surface area (Å²) in [7, 11) is 0. The molecule has 36 heavy (non-hydrogen) atoms. The van der Waals surface area contributed by atoms with Crippen molar-refractivity contribution in [3.8, 4) is 0 Å². The highest BCUT2D eigenvalue weighted by Crippen LogP contribution is 2.61. The number of nitrogens with zero attached hydrogens (tertiary/aromatic N) is 1. The van der Waals surface area contributed by atoms with Crippen molar-refractivity contribution in [2.45, 2.75) is 51.0 Å². The summed E-state index contributed by atoms with van der Waals surface area (Å²) >= 11 is 0. The molecule has 0 aromatic heterocycles. The van der Waals surface area contributed by atoms with Crippen LogP contribution >= 0.6 is 0 Å². The Hall–Kier alpha value is -3.73. The molecule has 2 bridgehead atoms. The van der Waals surface area contributed by atoms with E-state index in [0.717, 1.165) is 40.7 Å².